The molecular weight excluding hydrogens is 246 g/mol. The van der Waals surface area contributed by atoms with Crippen molar-refractivity contribution in [2.75, 3.05) is 7.05 Å². The van der Waals surface area contributed by atoms with E-state index >= 15 is 0 Å². The summed E-state index contributed by atoms with van der Waals surface area (Å²) in [6.45, 7) is 8.45. The van der Waals surface area contributed by atoms with Crippen LogP contribution < -0.4 is 10.1 Å². The van der Waals surface area contributed by atoms with Crippen LogP contribution in [0.25, 0.3) is 0 Å². The third kappa shape index (κ3) is 2.86. The number of hydrogen-bond donors (Lipinski definition) is 1. The Morgan fingerprint density at radius 1 is 0.950 bits per heavy atom. The molecule has 1 atom stereocenters. The van der Waals surface area contributed by atoms with Crippen LogP contribution >= 0.6 is 0 Å². The van der Waals surface area contributed by atoms with Gasteiger partial charge in [0.2, 0.25) is 0 Å². The fourth-order valence-corrected chi connectivity index (χ4v) is 2.28. The zero-order valence-corrected chi connectivity index (χ0v) is 12.9. The quantitative estimate of drug-likeness (QED) is 0.869. The molecule has 1 unspecified atom stereocenters. The first-order valence-electron chi connectivity index (χ1n) is 7.05. The van der Waals surface area contributed by atoms with E-state index in [4.69, 9.17) is 4.74 Å². The summed E-state index contributed by atoms with van der Waals surface area (Å²) in [5.74, 6) is 1.90. The summed E-state index contributed by atoms with van der Waals surface area (Å²) in [6, 6.07) is 12.7. The summed E-state index contributed by atoms with van der Waals surface area (Å²) in [7, 11) is 1.96. The number of aryl methyl sites for hydroxylation is 2. The standard InChI is InChI=1S/C18H23NO/c1-12-10-11-13(2)18(14(12)3)20-17-9-7-6-8-16(17)15(4)19-5/h6-11,15,19H,1-5H3. The smallest absolute Gasteiger partial charge is 0.133 e. The number of ether oxygens (including phenoxy) is 1. The van der Waals surface area contributed by atoms with Crippen LogP contribution in [0, 0.1) is 20.8 Å². The highest BCUT2D eigenvalue weighted by Crippen LogP contribution is 2.34. The van der Waals surface area contributed by atoms with Crippen molar-refractivity contribution in [2.24, 2.45) is 0 Å². The van der Waals surface area contributed by atoms with Gasteiger partial charge in [0.25, 0.3) is 0 Å². The molecule has 0 saturated heterocycles. The van der Waals surface area contributed by atoms with E-state index in [9.17, 15) is 0 Å². The van der Waals surface area contributed by atoms with Crippen molar-refractivity contribution in [2.45, 2.75) is 33.7 Å². The van der Waals surface area contributed by atoms with Gasteiger partial charge in [0.15, 0.2) is 0 Å². The maximum absolute atomic E-state index is 6.23. The van der Waals surface area contributed by atoms with Gasteiger partial charge in [-0.3, -0.25) is 0 Å². The first kappa shape index (κ1) is 14.6. The molecule has 0 aliphatic heterocycles. The molecule has 0 radical (unpaired) electrons. The monoisotopic (exact) mass is 269 g/mol. The van der Waals surface area contributed by atoms with Gasteiger partial charge in [-0.05, 0) is 57.5 Å². The van der Waals surface area contributed by atoms with E-state index < -0.39 is 0 Å². The number of hydrogen-bond acceptors (Lipinski definition) is 2. The molecule has 0 heterocycles. The van der Waals surface area contributed by atoms with Crippen molar-refractivity contribution in [3.8, 4) is 11.5 Å². The minimum absolute atomic E-state index is 0.261. The third-order valence-electron chi connectivity index (χ3n) is 3.90. The predicted molar refractivity (Wildman–Crippen MR) is 84.6 cm³/mol. The average Bonchev–Trinajstić information content (AvgIpc) is 2.47. The van der Waals surface area contributed by atoms with Crippen LogP contribution in [0.3, 0.4) is 0 Å². The molecule has 0 fully saturated rings. The Balaban J connectivity index is 2.43. The first-order valence-corrected chi connectivity index (χ1v) is 7.05. The Morgan fingerprint density at radius 2 is 1.60 bits per heavy atom. The maximum atomic E-state index is 6.23. The highest BCUT2D eigenvalue weighted by Gasteiger charge is 2.13. The highest BCUT2D eigenvalue weighted by atomic mass is 16.5. The van der Waals surface area contributed by atoms with Crippen molar-refractivity contribution in [1.29, 1.82) is 0 Å². The molecule has 2 rings (SSSR count). The SMILES string of the molecule is CNC(C)c1ccccc1Oc1c(C)ccc(C)c1C. The molecule has 2 heteroatoms. The molecule has 0 aliphatic carbocycles. The van der Waals surface area contributed by atoms with Crippen LogP contribution in [0.4, 0.5) is 0 Å². The number of nitrogens with one attached hydrogen (secondary N) is 1. The number of para-hydroxylation sites is 1. The fraction of sp³-hybridized carbons (Fsp3) is 0.333. The van der Waals surface area contributed by atoms with Gasteiger partial charge in [-0.15, -0.1) is 0 Å². The van der Waals surface area contributed by atoms with Crippen molar-refractivity contribution < 1.29 is 4.74 Å². The normalized spacial score (nSPS) is 12.2. The lowest BCUT2D eigenvalue weighted by Crippen LogP contribution is -2.13. The molecule has 0 saturated carbocycles. The van der Waals surface area contributed by atoms with Gasteiger partial charge in [0, 0.05) is 11.6 Å². The summed E-state index contributed by atoms with van der Waals surface area (Å²) in [5, 5.41) is 3.27. The van der Waals surface area contributed by atoms with E-state index in [0.717, 1.165) is 11.5 Å². The van der Waals surface area contributed by atoms with Crippen LogP contribution in [-0.4, -0.2) is 7.05 Å². The third-order valence-corrected chi connectivity index (χ3v) is 3.90. The van der Waals surface area contributed by atoms with E-state index in [1.165, 1.54) is 22.3 Å². The fourth-order valence-electron chi connectivity index (χ4n) is 2.28. The van der Waals surface area contributed by atoms with Gasteiger partial charge < -0.3 is 10.1 Å². The Kier molecular flexibility index (Phi) is 4.46. The molecule has 2 aromatic rings. The largest absolute Gasteiger partial charge is 0.456 e. The van der Waals surface area contributed by atoms with E-state index in [1.54, 1.807) is 0 Å². The summed E-state index contributed by atoms with van der Waals surface area (Å²) in [5.41, 5.74) is 4.80. The number of rotatable bonds is 4. The minimum Gasteiger partial charge on any atom is -0.456 e. The highest BCUT2D eigenvalue weighted by molar-refractivity contribution is 5.48. The second kappa shape index (κ2) is 6.10. The van der Waals surface area contributed by atoms with Crippen LogP contribution in [0.2, 0.25) is 0 Å². The molecule has 1 N–H and O–H groups in total. The van der Waals surface area contributed by atoms with Gasteiger partial charge in [-0.1, -0.05) is 30.3 Å². The van der Waals surface area contributed by atoms with Gasteiger partial charge in [0.1, 0.15) is 11.5 Å². The molecular formula is C18H23NO. The topological polar surface area (TPSA) is 21.3 Å². The van der Waals surface area contributed by atoms with Gasteiger partial charge >= 0.3 is 0 Å². The molecule has 0 aromatic heterocycles. The lowest BCUT2D eigenvalue weighted by molar-refractivity contribution is 0.459. The summed E-state index contributed by atoms with van der Waals surface area (Å²) in [4.78, 5) is 0. The molecule has 0 aliphatic rings. The Hall–Kier alpha value is -1.80. The van der Waals surface area contributed by atoms with Gasteiger partial charge in [0.05, 0.1) is 0 Å². The molecule has 0 spiro atoms. The zero-order valence-electron chi connectivity index (χ0n) is 12.9. The Labute approximate surface area is 121 Å². The molecule has 0 amide bonds. The van der Waals surface area contributed by atoms with E-state index in [-0.39, 0.29) is 6.04 Å². The molecule has 2 aromatic carbocycles. The number of benzene rings is 2. The Morgan fingerprint density at radius 3 is 2.30 bits per heavy atom. The zero-order chi connectivity index (χ0) is 14.7. The summed E-state index contributed by atoms with van der Waals surface area (Å²) in [6.07, 6.45) is 0. The maximum Gasteiger partial charge on any atom is 0.133 e. The minimum atomic E-state index is 0.261. The Bertz CT molecular complexity index is 604. The second-order valence-electron chi connectivity index (χ2n) is 5.30. The summed E-state index contributed by atoms with van der Waals surface area (Å²) < 4.78 is 6.23. The molecule has 0 bridgehead atoms. The predicted octanol–water partition coefficient (Wildman–Crippen LogP) is 4.68. The van der Waals surface area contributed by atoms with Crippen molar-refractivity contribution >= 4 is 0 Å². The van der Waals surface area contributed by atoms with Crippen molar-refractivity contribution in [1.82, 2.24) is 5.32 Å². The molecule has 20 heavy (non-hydrogen) atoms. The second-order valence-corrected chi connectivity index (χ2v) is 5.30. The van der Waals surface area contributed by atoms with Gasteiger partial charge in [-0.2, -0.15) is 0 Å². The molecule has 106 valence electrons. The van der Waals surface area contributed by atoms with E-state index in [1.807, 2.05) is 25.2 Å². The first-order chi connectivity index (χ1) is 9.54. The lowest BCUT2D eigenvalue weighted by atomic mass is 10.0. The van der Waals surface area contributed by atoms with Crippen LogP contribution in [0.15, 0.2) is 36.4 Å². The van der Waals surface area contributed by atoms with Crippen LogP contribution in [0.1, 0.15) is 35.2 Å². The van der Waals surface area contributed by atoms with E-state index in [2.05, 4.69) is 51.2 Å². The molecule has 2 nitrogen and oxygen atoms in total. The van der Waals surface area contributed by atoms with Gasteiger partial charge in [-0.25, -0.2) is 0 Å². The lowest BCUT2D eigenvalue weighted by Gasteiger charge is -2.19. The van der Waals surface area contributed by atoms with Crippen molar-refractivity contribution in [3.63, 3.8) is 0 Å². The van der Waals surface area contributed by atoms with Crippen LogP contribution in [-0.2, 0) is 0 Å². The van der Waals surface area contributed by atoms with Crippen LogP contribution in [0.5, 0.6) is 11.5 Å². The average molecular weight is 269 g/mol. The van der Waals surface area contributed by atoms with E-state index in [0.29, 0.717) is 0 Å². The summed E-state index contributed by atoms with van der Waals surface area (Å²) >= 11 is 0. The van der Waals surface area contributed by atoms with Crippen molar-refractivity contribution in [3.05, 3.63) is 58.7 Å².